The first-order chi connectivity index (χ1) is 13.0. The molecule has 27 heavy (non-hydrogen) atoms. The van der Waals surface area contributed by atoms with Gasteiger partial charge in [-0.25, -0.2) is 18.7 Å². The summed E-state index contributed by atoms with van der Waals surface area (Å²) in [4.78, 5) is 23.6. The van der Waals surface area contributed by atoms with Gasteiger partial charge in [-0.05, 0) is 50.3 Å². The number of carbonyl (C=O) groups excluding carboxylic acids is 1. The molecule has 1 aromatic carbocycles. The smallest absolute Gasteiger partial charge is 0.237 e. The lowest BCUT2D eigenvalue weighted by Gasteiger charge is -2.14. The van der Waals surface area contributed by atoms with Crippen LogP contribution in [-0.2, 0) is 17.6 Å². The summed E-state index contributed by atoms with van der Waals surface area (Å²) in [6.45, 7) is 1.73. The molecule has 1 atom stereocenters. The number of halogens is 2. The second-order valence-electron chi connectivity index (χ2n) is 6.44. The molecular formula is C19H17F2N3OS2. The second-order valence-corrected chi connectivity index (χ2v) is 8.86. The average Bonchev–Trinajstić information content (AvgIpc) is 3.04. The molecule has 1 aliphatic carbocycles. The molecule has 0 saturated heterocycles. The van der Waals surface area contributed by atoms with Crippen molar-refractivity contribution in [3.05, 3.63) is 46.6 Å². The molecule has 0 radical (unpaired) electrons. The molecule has 0 saturated carbocycles. The van der Waals surface area contributed by atoms with Crippen LogP contribution < -0.4 is 5.32 Å². The molecular weight excluding hydrogens is 388 g/mol. The Morgan fingerprint density at radius 3 is 2.93 bits per heavy atom. The van der Waals surface area contributed by atoms with E-state index in [2.05, 4.69) is 15.3 Å². The maximum atomic E-state index is 13.8. The van der Waals surface area contributed by atoms with Crippen LogP contribution in [0.25, 0.3) is 10.2 Å². The molecule has 2 heterocycles. The first-order valence-electron chi connectivity index (χ1n) is 8.70. The summed E-state index contributed by atoms with van der Waals surface area (Å²) in [5.41, 5.74) is 1.14. The lowest BCUT2D eigenvalue weighted by Crippen LogP contribution is -2.23. The number of amides is 1. The van der Waals surface area contributed by atoms with E-state index < -0.39 is 22.8 Å². The van der Waals surface area contributed by atoms with Crippen LogP contribution in [0.1, 0.15) is 30.2 Å². The van der Waals surface area contributed by atoms with Crippen molar-refractivity contribution in [1.82, 2.24) is 9.97 Å². The number of hydrogen-bond acceptors (Lipinski definition) is 5. The van der Waals surface area contributed by atoms with E-state index in [0.29, 0.717) is 0 Å². The summed E-state index contributed by atoms with van der Waals surface area (Å²) < 4.78 is 27.1. The fraction of sp³-hybridized carbons (Fsp3) is 0.316. The third-order valence-electron chi connectivity index (χ3n) is 4.56. The molecule has 0 spiro atoms. The minimum absolute atomic E-state index is 0.159. The molecule has 0 fully saturated rings. The Labute approximate surface area is 163 Å². The molecule has 4 rings (SSSR count). The zero-order chi connectivity index (χ0) is 19.0. The summed E-state index contributed by atoms with van der Waals surface area (Å²) >= 11 is 3.01. The van der Waals surface area contributed by atoms with Gasteiger partial charge in [0.15, 0.2) is 0 Å². The number of rotatable bonds is 4. The van der Waals surface area contributed by atoms with Crippen molar-refractivity contribution < 1.29 is 13.6 Å². The van der Waals surface area contributed by atoms with Crippen LogP contribution in [-0.4, -0.2) is 21.1 Å². The van der Waals surface area contributed by atoms with Gasteiger partial charge in [0.1, 0.15) is 27.8 Å². The molecule has 1 amide bonds. The van der Waals surface area contributed by atoms with E-state index in [4.69, 9.17) is 0 Å². The standard InChI is InChI=1S/C19H17F2N3OS2/c1-10(17(25)24-14-8-11(20)6-7-13(14)21)26-18-16-12-4-2-3-5-15(12)27-19(16)23-9-22-18/h6-10H,2-5H2,1H3,(H,24,25)/t10-/m1/s1. The van der Waals surface area contributed by atoms with E-state index in [1.54, 1.807) is 18.3 Å². The fourth-order valence-electron chi connectivity index (χ4n) is 3.20. The Kier molecular flexibility index (Phi) is 5.10. The van der Waals surface area contributed by atoms with Crippen LogP contribution in [0.5, 0.6) is 0 Å². The van der Waals surface area contributed by atoms with E-state index >= 15 is 0 Å². The third kappa shape index (κ3) is 3.68. The maximum absolute atomic E-state index is 13.8. The van der Waals surface area contributed by atoms with Crippen molar-refractivity contribution in [3.63, 3.8) is 0 Å². The quantitative estimate of drug-likeness (QED) is 0.492. The van der Waals surface area contributed by atoms with Crippen LogP contribution in [0.3, 0.4) is 0 Å². The summed E-state index contributed by atoms with van der Waals surface area (Å²) in [6.07, 6.45) is 5.92. The van der Waals surface area contributed by atoms with Crippen LogP contribution in [0.4, 0.5) is 14.5 Å². The lowest BCUT2D eigenvalue weighted by molar-refractivity contribution is -0.115. The van der Waals surface area contributed by atoms with Crippen molar-refractivity contribution >= 4 is 44.9 Å². The highest BCUT2D eigenvalue weighted by molar-refractivity contribution is 8.00. The Balaban J connectivity index is 1.57. The Bertz CT molecular complexity index is 1020. The Hall–Kier alpha value is -2.06. The van der Waals surface area contributed by atoms with Gasteiger partial charge in [-0.1, -0.05) is 11.8 Å². The van der Waals surface area contributed by atoms with Gasteiger partial charge in [0.2, 0.25) is 5.91 Å². The van der Waals surface area contributed by atoms with E-state index in [0.717, 1.165) is 52.7 Å². The fourth-order valence-corrected chi connectivity index (χ4v) is 5.44. The first kappa shape index (κ1) is 18.3. The van der Waals surface area contributed by atoms with Gasteiger partial charge in [-0.15, -0.1) is 11.3 Å². The van der Waals surface area contributed by atoms with Crippen molar-refractivity contribution in [2.24, 2.45) is 0 Å². The number of nitrogens with zero attached hydrogens (tertiary/aromatic N) is 2. The number of carbonyl (C=O) groups is 1. The maximum Gasteiger partial charge on any atom is 0.237 e. The highest BCUT2D eigenvalue weighted by atomic mass is 32.2. The summed E-state index contributed by atoms with van der Waals surface area (Å²) in [6, 6.07) is 2.98. The number of anilines is 1. The minimum Gasteiger partial charge on any atom is -0.323 e. The molecule has 0 bridgehead atoms. The van der Waals surface area contributed by atoms with Crippen LogP contribution >= 0.6 is 23.1 Å². The van der Waals surface area contributed by atoms with E-state index in [1.807, 2.05) is 0 Å². The van der Waals surface area contributed by atoms with Gasteiger partial charge in [0.25, 0.3) is 0 Å². The number of aryl methyl sites for hydroxylation is 2. The largest absolute Gasteiger partial charge is 0.323 e. The number of thioether (sulfide) groups is 1. The zero-order valence-corrected chi connectivity index (χ0v) is 16.2. The monoisotopic (exact) mass is 405 g/mol. The molecule has 140 valence electrons. The summed E-state index contributed by atoms with van der Waals surface area (Å²) in [7, 11) is 0. The van der Waals surface area contributed by atoms with Gasteiger partial charge in [-0.2, -0.15) is 0 Å². The molecule has 1 N–H and O–H groups in total. The van der Waals surface area contributed by atoms with E-state index in [1.165, 1.54) is 35.0 Å². The number of fused-ring (bicyclic) bond motifs is 3. The summed E-state index contributed by atoms with van der Waals surface area (Å²) in [5.74, 6) is -1.67. The predicted molar refractivity (Wildman–Crippen MR) is 104 cm³/mol. The van der Waals surface area contributed by atoms with Crippen LogP contribution in [0, 0.1) is 11.6 Å². The van der Waals surface area contributed by atoms with Crippen LogP contribution in [0.15, 0.2) is 29.6 Å². The van der Waals surface area contributed by atoms with Gasteiger partial charge >= 0.3 is 0 Å². The molecule has 3 aromatic rings. The lowest BCUT2D eigenvalue weighted by atomic mass is 9.97. The third-order valence-corrected chi connectivity index (χ3v) is 6.86. The number of aromatic nitrogens is 2. The Morgan fingerprint density at radius 2 is 2.07 bits per heavy atom. The van der Waals surface area contributed by atoms with Gasteiger partial charge in [0.05, 0.1) is 10.9 Å². The van der Waals surface area contributed by atoms with Crippen molar-refractivity contribution in [2.45, 2.75) is 42.9 Å². The molecule has 8 heteroatoms. The topological polar surface area (TPSA) is 54.9 Å². The SMILES string of the molecule is C[C@@H](Sc1ncnc2sc3c(c12)CCCC3)C(=O)Nc1cc(F)ccc1F. The number of benzene rings is 1. The molecule has 0 aliphatic heterocycles. The van der Waals surface area contributed by atoms with Crippen molar-refractivity contribution in [1.29, 1.82) is 0 Å². The normalized spacial score (nSPS) is 14.8. The molecule has 0 unspecified atom stereocenters. The molecule has 1 aliphatic rings. The van der Waals surface area contributed by atoms with Crippen LogP contribution in [0.2, 0.25) is 0 Å². The highest BCUT2D eigenvalue weighted by Gasteiger charge is 2.23. The number of thiophene rings is 1. The first-order valence-corrected chi connectivity index (χ1v) is 10.4. The van der Waals surface area contributed by atoms with Crippen molar-refractivity contribution in [3.8, 4) is 0 Å². The number of nitrogens with one attached hydrogen (secondary N) is 1. The second kappa shape index (κ2) is 7.52. The number of hydrogen-bond donors (Lipinski definition) is 1. The predicted octanol–water partition coefficient (Wildman–Crippen LogP) is 4.97. The van der Waals surface area contributed by atoms with Gasteiger partial charge in [-0.3, -0.25) is 4.79 Å². The molecule has 2 aromatic heterocycles. The Morgan fingerprint density at radius 1 is 1.26 bits per heavy atom. The minimum atomic E-state index is -0.668. The zero-order valence-electron chi connectivity index (χ0n) is 14.6. The van der Waals surface area contributed by atoms with Gasteiger partial charge in [0, 0.05) is 16.3 Å². The summed E-state index contributed by atoms with van der Waals surface area (Å²) in [5, 5.41) is 3.74. The highest BCUT2D eigenvalue weighted by Crippen LogP contribution is 2.40. The molecule has 4 nitrogen and oxygen atoms in total. The van der Waals surface area contributed by atoms with Gasteiger partial charge < -0.3 is 5.32 Å². The van der Waals surface area contributed by atoms with E-state index in [-0.39, 0.29) is 5.69 Å². The van der Waals surface area contributed by atoms with E-state index in [9.17, 15) is 13.6 Å². The average molecular weight is 405 g/mol. The van der Waals surface area contributed by atoms with Crippen molar-refractivity contribution in [2.75, 3.05) is 5.32 Å².